The number of benzene rings is 2. The second-order valence-corrected chi connectivity index (χ2v) is 9.02. The molecule has 0 aromatic heterocycles. The molecule has 0 fully saturated rings. The molecule has 0 N–H and O–H groups in total. The Morgan fingerprint density at radius 2 is 1.73 bits per heavy atom. The molecule has 0 atom stereocenters. The summed E-state index contributed by atoms with van der Waals surface area (Å²) in [5, 5.41) is 0. The molecule has 0 saturated carbocycles. The molecule has 0 amide bonds. The third kappa shape index (κ3) is 2.72. The molecule has 0 aliphatic heterocycles. The summed E-state index contributed by atoms with van der Waals surface area (Å²) in [6, 6.07) is 11.3. The molecule has 0 spiro atoms. The number of hydrogen-bond acceptors (Lipinski definition) is 0. The van der Waals surface area contributed by atoms with Gasteiger partial charge in [0.1, 0.15) is 0 Å². The highest BCUT2D eigenvalue weighted by Gasteiger charge is 2.26. The van der Waals surface area contributed by atoms with Crippen LogP contribution in [0.3, 0.4) is 0 Å². The highest BCUT2D eigenvalue weighted by Crippen LogP contribution is 2.44. The maximum atomic E-state index is 3.89. The van der Waals surface area contributed by atoms with Crippen LogP contribution in [0, 0.1) is 0 Å². The van der Waals surface area contributed by atoms with Gasteiger partial charge in [-0.1, -0.05) is 57.4 Å². The second-order valence-electron chi connectivity index (χ2n) is 8.16. The van der Waals surface area contributed by atoms with Gasteiger partial charge in [-0.25, -0.2) is 0 Å². The lowest BCUT2D eigenvalue weighted by Crippen LogP contribution is -2.08. The molecule has 1 heteroatoms. The molecule has 3 aliphatic rings. The largest absolute Gasteiger partial charge is 0.0651 e. The van der Waals surface area contributed by atoms with Crippen molar-refractivity contribution in [2.24, 2.45) is 0 Å². The van der Waals surface area contributed by atoms with E-state index >= 15 is 0 Å². The van der Waals surface area contributed by atoms with E-state index in [1.54, 1.807) is 39.0 Å². The van der Waals surface area contributed by atoms with Gasteiger partial charge in [-0.3, -0.25) is 0 Å². The molecule has 0 unspecified atom stereocenters. The van der Waals surface area contributed by atoms with Crippen molar-refractivity contribution in [3.8, 4) is 0 Å². The van der Waals surface area contributed by atoms with Gasteiger partial charge in [-0.15, -0.1) is 0 Å². The van der Waals surface area contributed by atoms with Crippen LogP contribution in [0.2, 0.25) is 0 Å². The SMILES string of the molecule is CC1=C(CCC2=Cc3ccccc3C2)c2cc(Br)c3c(c2C1)CCCC3. The average molecular weight is 405 g/mol. The second kappa shape index (κ2) is 6.53. The third-order valence-corrected chi connectivity index (χ3v) is 7.23. The van der Waals surface area contributed by atoms with Crippen LogP contribution >= 0.6 is 15.9 Å². The van der Waals surface area contributed by atoms with E-state index in [-0.39, 0.29) is 0 Å². The number of allylic oxidation sites excluding steroid dienone is 3. The zero-order chi connectivity index (χ0) is 17.7. The summed E-state index contributed by atoms with van der Waals surface area (Å²) >= 11 is 3.89. The minimum absolute atomic E-state index is 1.14. The first-order valence-corrected chi connectivity index (χ1v) is 10.8. The molecule has 5 rings (SSSR count). The van der Waals surface area contributed by atoms with Crippen molar-refractivity contribution >= 4 is 27.6 Å². The Labute approximate surface area is 165 Å². The van der Waals surface area contributed by atoms with Gasteiger partial charge >= 0.3 is 0 Å². The molecule has 0 bridgehead atoms. The lowest BCUT2D eigenvalue weighted by molar-refractivity contribution is 0.677. The van der Waals surface area contributed by atoms with E-state index in [4.69, 9.17) is 0 Å². The Morgan fingerprint density at radius 1 is 0.923 bits per heavy atom. The molecular weight excluding hydrogens is 380 g/mol. The van der Waals surface area contributed by atoms with Crippen LogP contribution in [0.4, 0.5) is 0 Å². The predicted molar refractivity (Wildman–Crippen MR) is 114 cm³/mol. The average Bonchev–Trinajstić information content (AvgIpc) is 3.20. The van der Waals surface area contributed by atoms with E-state index < -0.39 is 0 Å². The van der Waals surface area contributed by atoms with E-state index in [0.717, 1.165) is 6.42 Å². The van der Waals surface area contributed by atoms with Crippen LogP contribution in [-0.2, 0) is 25.7 Å². The Balaban J connectivity index is 1.40. The highest BCUT2D eigenvalue weighted by molar-refractivity contribution is 9.10. The van der Waals surface area contributed by atoms with Gasteiger partial charge in [0.2, 0.25) is 0 Å². The summed E-state index contributed by atoms with van der Waals surface area (Å²) < 4.78 is 1.35. The van der Waals surface area contributed by atoms with E-state index in [9.17, 15) is 0 Å². The molecule has 132 valence electrons. The Morgan fingerprint density at radius 3 is 2.58 bits per heavy atom. The monoisotopic (exact) mass is 404 g/mol. The van der Waals surface area contributed by atoms with Crippen LogP contribution < -0.4 is 0 Å². The van der Waals surface area contributed by atoms with Gasteiger partial charge < -0.3 is 0 Å². The minimum atomic E-state index is 1.14. The van der Waals surface area contributed by atoms with Gasteiger partial charge in [0.25, 0.3) is 0 Å². The van der Waals surface area contributed by atoms with Crippen LogP contribution in [-0.4, -0.2) is 0 Å². The van der Waals surface area contributed by atoms with Crippen molar-refractivity contribution in [2.75, 3.05) is 0 Å². The minimum Gasteiger partial charge on any atom is -0.0651 e. The predicted octanol–water partition coefficient (Wildman–Crippen LogP) is 7.08. The molecule has 2 aromatic carbocycles. The Hall–Kier alpha value is -1.60. The van der Waals surface area contributed by atoms with Crippen LogP contribution in [0.5, 0.6) is 0 Å². The van der Waals surface area contributed by atoms with Crippen molar-refractivity contribution in [3.63, 3.8) is 0 Å². The Bertz CT molecular complexity index is 958. The molecule has 3 aliphatic carbocycles. The van der Waals surface area contributed by atoms with Gasteiger partial charge in [-0.2, -0.15) is 0 Å². The van der Waals surface area contributed by atoms with Crippen molar-refractivity contribution < 1.29 is 0 Å². The molecule has 0 saturated heterocycles. The molecule has 0 radical (unpaired) electrons. The maximum absolute atomic E-state index is 3.89. The smallest absolute Gasteiger partial charge is 0.0216 e. The summed E-state index contributed by atoms with van der Waals surface area (Å²) in [7, 11) is 0. The fraction of sp³-hybridized carbons (Fsp3) is 0.360. The molecule has 0 nitrogen and oxygen atoms in total. The highest BCUT2D eigenvalue weighted by atomic mass is 79.9. The van der Waals surface area contributed by atoms with E-state index in [1.807, 2.05) is 0 Å². The molecular formula is C25H25Br. The van der Waals surface area contributed by atoms with Crippen LogP contribution in [0.1, 0.15) is 66.0 Å². The van der Waals surface area contributed by atoms with Crippen molar-refractivity contribution in [1.82, 2.24) is 0 Å². The van der Waals surface area contributed by atoms with Gasteiger partial charge in [0.05, 0.1) is 0 Å². The molecule has 26 heavy (non-hydrogen) atoms. The molecule has 0 heterocycles. The fourth-order valence-electron chi connectivity index (χ4n) is 5.18. The van der Waals surface area contributed by atoms with Crippen molar-refractivity contribution in [3.05, 3.63) is 79.3 Å². The topological polar surface area (TPSA) is 0 Å². The summed E-state index contributed by atoms with van der Waals surface area (Å²) in [5.41, 5.74) is 14.2. The van der Waals surface area contributed by atoms with Crippen molar-refractivity contribution in [2.45, 2.75) is 58.3 Å². The summed E-state index contributed by atoms with van der Waals surface area (Å²) in [6.45, 7) is 2.36. The third-order valence-electron chi connectivity index (χ3n) is 6.53. The summed E-state index contributed by atoms with van der Waals surface area (Å²) in [4.78, 5) is 0. The molecule has 2 aromatic rings. The number of fused-ring (bicyclic) bond motifs is 4. The quantitative estimate of drug-likeness (QED) is 0.512. The Kier molecular flexibility index (Phi) is 4.16. The number of rotatable bonds is 3. The van der Waals surface area contributed by atoms with E-state index in [1.165, 1.54) is 60.5 Å². The zero-order valence-electron chi connectivity index (χ0n) is 15.5. The first-order valence-electron chi connectivity index (χ1n) is 10.00. The lowest BCUT2D eigenvalue weighted by atomic mass is 9.85. The first-order chi connectivity index (χ1) is 12.7. The van der Waals surface area contributed by atoms with Crippen molar-refractivity contribution in [1.29, 1.82) is 0 Å². The lowest BCUT2D eigenvalue weighted by Gasteiger charge is -2.22. The normalized spacial score (nSPS) is 17.8. The van der Waals surface area contributed by atoms with Gasteiger partial charge in [-0.05, 0) is 103 Å². The number of halogens is 1. The van der Waals surface area contributed by atoms with Gasteiger partial charge in [0.15, 0.2) is 0 Å². The van der Waals surface area contributed by atoms with Gasteiger partial charge in [0, 0.05) is 4.47 Å². The first kappa shape index (κ1) is 16.6. The number of hydrogen-bond donors (Lipinski definition) is 0. The van der Waals surface area contributed by atoms with Crippen LogP contribution in [0.15, 0.2) is 46.0 Å². The summed E-state index contributed by atoms with van der Waals surface area (Å²) in [6.07, 6.45) is 12.3. The maximum Gasteiger partial charge on any atom is 0.0216 e. The zero-order valence-corrected chi connectivity index (χ0v) is 17.1. The van der Waals surface area contributed by atoms with E-state index in [0.29, 0.717) is 0 Å². The van der Waals surface area contributed by atoms with E-state index in [2.05, 4.69) is 59.3 Å². The van der Waals surface area contributed by atoms with Crippen LogP contribution in [0.25, 0.3) is 11.6 Å². The standard InChI is InChI=1S/C25H25Br/c1-16-12-23-21-8-4-5-9-22(21)25(26)15-24(23)20(16)11-10-17-13-18-6-2-3-7-19(18)14-17/h2-3,6-7,13,15H,4-5,8-12,14H2,1H3. The fourth-order valence-corrected chi connectivity index (χ4v) is 5.85. The summed E-state index contributed by atoms with van der Waals surface area (Å²) in [5.74, 6) is 0.